The van der Waals surface area contributed by atoms with Crippen LogP contribution in [0.15, 0.2) is 0 Å². The van der Waals surface area contributed by atoms with Crippen molar-refractivity contribution in [2.75, 3.05) is 33.0 Å². The van der Waals surface area contributed by atoms with E-state index in [0.29, 0.717) is 26.2 Å². The first-order valence-corrected chi connectivity index (χ1v) is 8.17. The lowest BCUT2D eigenvalue weighted by Gasteiger charge is -2.00. The third-order valence-corrected chi connectivity index (χ3v) is 2.81. The third kappa shape index (κ3) is 28.3. The fourth-order valence-corrected chi connectivity index (χ4v) is 1.66. The van der Waals surface area contributed by atoms with Crippen LogP contribution in [0.4, 0.5) is 0 Å². The van der Waals surface area contributed by atoms with Crippen LogP contribution >= 0.6 is 0 Å². The van der Waals surface area contributed by atoms with Crippen molar-refractivity contribution in [2.24, 2.45) is 0 Å². The van der Waals surface area contributed by atoms with Crippen LogP contribution in [-0.2, 0) is 14.3 Å². The lowest BCUT2D eigenvalue weighted by Crippen LogP contribution is -2.06. The fraction of sp³-hybridized carbons (Fsp3) is 0.938. The molecule has 0 amide bonds. The molecule has 2 N–H and O–H groups in total. The molecule has 0 fully saturated rings. The maximum Gasteiger partial charge on any atom is 0.303 e. The first-order valence-electron chi connectivity index (χ1n) is 8.17. The van der Waals surface area contributed by atoms with Crippen molar-refractivity contribution < 1.29 is 24.5 Å². The van der Waals surface area contributed by atoms with E-state index in [0.717, 1.165) is 19.4 Å². The maximum atomic E-state index is 10.1. The van der Waals surface area contributed by atoms with E-state index in [4.69, 9.17) is 19.7 Å². The molecule has 0 aliphatic carbocycles. The SMILES string of the molecule is CCCCCCCCCC(=O)O.CCOCCOCCO. The monoisotopic (exact) mass is 306 g/mol. The van der Waals surface area contributed by atoms with Crippen LogP contribution in [0, 0.1) is 0 Å². The van der Waals surface area contributed by atoms with Crippen LogP contribution in [0.25, 0.3) is 0 Å². The number of unbranched alkanes of at least 4 members (excludes halogenated alkanes) is 6. The Bertz CT molecular complexity index is 191. The third-order valence-electron chi connectivity index (χ3n) is 2.81. The highest BCUT2D eigenvalue weighted by atomic mass is 16.5. The summed E-state index contributed by atoms with van der Waals surface area (Å²) in [5.74, 6) is -0.663. The van der Waals surface area contributed by atoms with Gasteiger partial charge in [-0.2, -0.15) is 0 Å². The summed E-state index contributed by atoms with van der Waals surface area (Å²) in [5.41, 5.74) is 0. The van der Waals surface area contributed by atoms with Gasteiger partial charge in [0.2, 0.25) is 0 Å². The lowest BCUT2D eigenvalue weighted by molar-refractivity contribution is -0.137. The van der Waals surface area contributed by atoms with Gasteiger partial charge < -0.3 is 19.7 Å². The molecule has 5 heteroatoms. The number of rotatable bonds is 14. The molecule has 0 aliphatic heterocycles. The maximum absolute atomic E-state index is 10.1. The molecule has 0 unspecified atom stereocenters. The number of aliphatic carboxylic acids is 1. The summed E-state index contributed by atoms with van der Waals surface area (Å²) in [7, 11) is 0. The molecule has 0 saturated heterocycles. The molecule has 0 aromatic carbocycles. The van der Waals surface area contributed by atoms with Gasteiger partial charge in [-0.25, -0.2) is 0 Å². The largest absolute Gasteiger partial charge is 0.481 e. The Labute approximate surface area is 129 Å². The van der Waals surface area contributed by atoms with E-state index in [1.165, 1.54) is 32.1 Å². The zero-order chi connectivity index (χ0) is 16.2. The van der Waals surface area contributed by atoms with Crippen LogP contribution in [0.2, 0.25) is 0 Å². The van der Waals surface area contributed by atoms with E-state index in [9.17, 15) is 4.79 Å². The smallest absolute Gasteiger partial charge is 0.303 e. The van der Waals surface area contributed by atoms with Crippen LogP contribution < -0.4 is 0 Å². The van der Waals surface area contributed by atoms with E-state index in [-0.39, 0.29) is 6.61 Å². The molecule has 0 aliphatic rings. The predicted octanol–water partition coefficient (Wildman–Crippen LogP) is 3.24. The second-order valence-electron chi connectivity index (χ2n) is 4.80. The first kappa shape index (κ1) is 22.6. The zero-order valence-electron chi connectivity index (χ0n) is 13.8. The van der Waals surface area contributed by atoms with E-state index >= 15 is 0 Å². The summed E-state index contributed by atoms with van der Waals surface area (Å²) in [5, 5.41) is 16.6. The number of ether oxygens (including phenoxy) is 2. The highest BCUT2D eigenvalue weighted by Gasteiger charge is 1.95. The van der Waals surface area contributed by atoms with Crippen molar-refractivity contribution in [1.82, 2.24) is 0 Å². The van der Waals surface area contributed by atoms with Gasteiger partial charge in [0.05, 0.1) is 26.4 Å². The second kappa shape index (κ2) is 21.6. The van der Waals surface area contributed by atoms with E-state index in [1.807, 2.05) is 6.92 Å². The minimum Gasteiger partial charge on any atom is -0.481 e. The summed E-state index contributed by atoms with van der Waals surface area (Å²) in [6.45, 7) is 6.56. The van der Waals surface area contributed by atoms with Gasteiger partial charge in [-0.05, 0) is 13.3 Å². The predicted molar refractivity (Wildman–Crippen MR) is 84.6 cm³/mol. The summed E-state index contributed by atoms with van der Waals surface area (Å²) >= 11 is 0. The van der Waals surface area contributed by atoms with Crippen molar-refractivity contribution in [3.05, 3.63) is 0 Å². The molecule has 0 spiro atoms. The van der Waals surface area contributed by atoms with Crippen LogP contribution in [-0.4, -0.2) is 49.2 Å². The van der Waals surface area contributed by atoms with Crippen LogP contribution in [0.3, 0.4) is 0 Å². The van der Waals surface area contributed by atoms with E-state index in [1.54, 1.807) is 0 Å². The van der Waals surface area contributed by atoms with Gasteiger partial charge in [0.25, 0.3) is 0 Å². The molecule has 21 heavy (non-hydrogen) atoms. The topological polar surface area (TPSA) is 76.0 Å². The Morgan fingerprint density at radius 3 is 1.95 bits per heavy atom. The Morgan fingerprint density at radius 1 is 0.857 bits per heavy atom. The molecular weight excluding hydrogens is 272 g/mol. The van der Waals surface area contributed by atoms with Crippen molar-refractivity contribution >= 4 is 5.97 Å². The summed E-state index contributed by atoms with van der Waals surface area (Å²) in [6.07, 6.45) is 8.64. The number of hydrogen-bond donors (Lipinski definition) is 2. The molecule has 0 saturated carbocycles. The number of carboxylic acids is 1. The van der Waals surface area contributed by atoms with Crippen molar-refractivity contribution in [2.45, 2.75) is 65.2 Å². The average molecular weight is 306 g/mol. The highest BCUT2D eigenvalue weighted by Crippen LogP contribution is 2.07. The average Bonchev–Trinajstić information content (AvgIpc) is 2.47. The van der Waals surface area contributed by atoms with Crippen molar-refractivity contribution in [1.29, 1.82) is 0 Å². The number of hydrogen-bond acceptors (Lipinski definition) is 4. The fourth-order valence-electron chi connectivity index (χ4n) is 1.66. The minimum absolute atomic E-state index is 0.0894. The number of aliphatic hydroxyl groups is 1. The molecule has 0 rings (SSSR count). The Kier molecular flexibility index (Phi) is 23.3. The van der Waals surface area contributed by atoms with Gasteiger partial charge in [-0.3, -0.25) is 4.79 Å². The summed E-state index contributed by atoms with van der Waals surface area (Å²) < 4.78 is 9.88. The molecule has 5 nitrogen and oxygen atoms in total. The Balaban J connectivity index is 0. The second-order valence-corrected chi connectivity index (χ2v) is 4.80. The van der Waals surface area contributed by atoms with Crippen LogP contribution in [0.5, 0.6) is 0 Å². The number of carboxylic acid groups (broad SMARTS) is 1. The van der Waals surface area contributed by atoms with Gasteiger partial charge >= 0.3 is 5.97 Å². The minimum atomic E-state index is -0.663. The van der Waals surface area contributed by atoms with Gasteiger partial charge in [0, 0.05) is 13.0 Å². The number of carbonyl (C=O) groups is 1. The van der Waals surface area contributed by atoms with E-state index in [2.05, 4.69) is 6.92 Å². The molecular formula is C16H34O5. The lowest BCUT2D eigenvalue weighted by atomic mass is 10.1. The number of aliphatic hydroxyl groups excluding tert-OH is 1. The highest BCUT2D eigenvalue weighted by molar-refractivity contribution is 5.66. The Morgan fingerprint density at radius 2 is 1.43 bits per heavy atom. The van der Waals surface area contributed by atoms with Crippen molar-refractivity contribution in [3.63, 3.8) is 0 Å². The molecule has 128 valence electrons. The van der Waals surface area contributed by atoms with E-state index < -0.39 is 5.97 Å². The molecule has 0 bridgehead atoms. The van der Waals surface area contributed by atoms with Gasteiger partial charge in [0.15, 0.2) is 0 Å². The normalized spacial score (nSPS) is 10.0. The quantitative estimate of drug-likeness (QED) is 0.482. The standard InChI is InChI=1S/C10H20O2.C6H14O3/c1-2-3-4-5-6-7-8-9-10(11)12;1-2-8-5-6-9-4-3-7/h2-9H2,1H3,(H,11,12);7H,2-6H2,1H3. The summed E-state index contributed by atoms with van der Waals surface area (Å²) in [6, 6.07) is 0. The molecule has 0 atom stereocenters. The first-order chi connectivity index (χ1) is 10.2. The van der Waals surface area contributed by atoms with Crippen LogP contribution in [0.1, 0.15) is 65.2 Å². The zero-order valence-corrected chi connectivity index (χ0v) is 13.8. The van der Waals surface area contributed by atoms with Gasteiger partial charge in [-0.15, -0.1) is 0 Å². The molecule has 0 radical (unpaired) electrons. The Hall–Kier alpha value is -0.650. The molecule has 0 aromatic rings. The summed E-state index contributed by atoms with van der Waals surface area (Å²) in [4.78, 5) is 10.1. The van der Waals surface area contributed by atoms with Gasteiger partial charge in [0.1, 0.15) is 0 Å². The molecule has 0 aromatic heterocycles. The van der Waals surface area contributed by atoms with Gasteiger partial charge in [-0.1, -0.05) is 45.4 Å². The molecule has 0 heterocycles. The van der Waals surface area contributed by atoms with Crippen molar-refractivity contribution in [3.8, 4) is 0 Å².